The van der Waals surface area contributed by atoms with Gasteiger partial charge in [-0.3, -0.25) is 4.79 Å². The molecular weight excluding hydrogens is 294 g/mol. The van der Waals surface area contributed by atoms with Gasteiger partial charge in [0.1, 0.15) is 0 Å². The van der Waals surface area contributed by atoms with E-state index in [9.17, 15) is 4.79 Å². The molecule has 0 atom stereocenters. The molecule has 2 N–H and O–H groups in total. The first kappa shape index (κ1) is 16.6. The van der Waals surface area contributed by atoms with Crippen molar-refractivity contribution < 1.29 is 4.79 Å². The Hall–Kier alpha value is -1.72. The predicted octanol–water partition coefficient (Wildman–Crippen LogP) is 3.23. The van der Waals surface area contributed by atoms with E-state index in [1.807, 2.05) is 44.5 Å². The normalized spacial score (nSPS) is 10.7. The molecule has 2 rings (SSSR count). The molecule has 1 aromatic carbocycles. The quantitative estimate of drug-likeness (QED) is 0.771. The number of thiazole rings is 1. The first-order chi connectivity index (χ1) is 10.6. The summed E-state index contributed by atoms with van der Waals surface area (Å²) in [5.74, 6) is 0.00247. The highest BCUT2D eigenvalue weighted by molar-refractivity contribution is 7.09. The van der Waals surface area contributed by atoms with Crippen LogP contribution in [0.4, 0.5) is 5.69 Å². The Labute approximate surface area is 136 Å². The van der Waals surface area contributed by atoms with E-state index in [-0.39, 0.29) is 5.91 Å². The highest BCUT2D eigenvalue weighted by Gasteiger charge is 2.06. The fraction of sp³-hybridized carbons (Fsp3) is 0.412. The Morgan fingerprint density at radius 1 is 1.27 bits per heavy atom. The van der Waals surface area contributed by atoms with Gasteiger partial charge in [0, 0.05) is 10.6 Å². The van der Waals surface area contributed by atoms with Crippen molar-refractivity contribution >= 4 is 22.9 Å². The minimum atomic E-state index is 0.00247. The van der Waals surface area contributed by atoms with Gasteiger partial charge in [-0.25, -0.2) is 4.98 Å². The van der Waals surface area contributed by atoms with E-state index < -0.39 is 0 Å². The SMILES string of the molecule is Cc1cccc(NC(=O)CNCCCc2scnc2C)c1C. The second-order valence-corrected chi connectivity index (χ2v) is 6.38. The predicted molar refractivity (Wildman–Crippen MR) is 92.6 cm³/mol. The average molecular weight is 317 g/mol. The van der Waals surface area contributed by atoms with Crippen molar-refractivity contribution in [2.24, 2.45) is 0 Å². The molecule has 0 fully saturated rings. The molecule has 5 heteroatoms. The number of nitrogens with zero attached hydrogens (tertiary/aromatic N) is 1. The van der Waals surface area contributed by atoms with Crippen LogP contribution in [-0.4, -0.2) is 24.0 Å². The molecule has 0 aliphatic carbocycles. The fourth-order valence-corrected chi connectivity index (χ4v) is 3.05. The number of aromatic nitrogens is 1. The van der Waals surface area contributed by atoms with Crippen molar-refractivity contribution in [1.29, 1.82) is 0 Å². The van der Waals surface area contributed by atoms with Crippen molar-refractivity contribution in [3.8, 4) is 0 Å². The maximum atomic E-state index is 11.9. The van der Waals surface area contributed by atoms with Gasteiger partial charge >= 0.3 is 0 Å². The number of hydrogen-bond donors (Lipinski definition) is 2. The number of nitrogens with one attached hydrogen (secondary N) is 2. The zero-order chi connectivity index (χ0) is 15.9. The Morgan fingerprint density at radius 2 is 2.09 bits per heavy atom. The van der Waals surface area contributed by atoms with Crippen LogP contribution in [0, 0.1) is 20.8 Å². The summed E-state index contributed by atoms with van der Waals surface area (Å²) in [4.78, 5) is 17.5. The molecule has 0 spiro atoms. The van der Waals surface area contributed by atoms with Crippen LogP contribution in [0.25, 0.3) is 0 Å². The van der Waals surface area contributed by atoms with Crippen LogP contribution < -0.4 is 10.6 Å². The van der Waals surface area contributed by atoms with Gasteiger partial charge in [-0.15, -0.1) is 11.3 Å². The van der Waals surface area contributed by atoms with Crippen molar-refractivity contribution in [3.63, 3.8) is 0 Å². The molecule has 1 amide bonds. The molecule has 118 valence electrons. The molecule has 0 saturated carbocycles. The Morgan fingerprint density at radius 3 is 2.82 bits per heavy atom. The monoisotopic (exact) mass is 317 g/mol. The summed E-state index contributed by atoms with van der Waals surface area (Å²) in [6.45, 7) is 7.28. The van der Waals surface area contributed by atoms with Gasteiger partial charge < -0.3 is 10.6 Å². The lowest BCUT2D eigenvalue weighted by Gasteiger charge is -2.10. The lowest BCUT2D eigenvalue weighted by atomic mass is 10.1. The van der Waals surface area contributed by atoms with Gasteiger partial charge in [0.15, 0.2) is 0 Å². The van der Waals surface area contributed by atoms with Crippen molar-refractivity contribution in [3.05, 3.63) is 45.4 Å². The lowest BCUT2D eigenvalue weighted by Crippen LogP contribution is -2.29. The Balaban J connectivity index is 1.68. The first-order valence-corrected chi connectivity index (χ1v) is 8.41. The zero-order valence-corrected chi connectivity index (χ0v) is 14.2. The summed E-state index contributed by atoms with van der Waals surface area (Å²) < 4.78 is 0. The lowest BCUT2D eigenvalue weighted by molar-refractivity contribution is -0.115. The van der Waals surface area contributed by atoms with E-state index in [0.29, 0.717) is 6.54 Å². The van der Waals surface area contributed by atoms with Crippen LogP contribution in [-0.2, 0) is 11.2 Å². The van der Waals surface area contributed by atoms with Gasteiger partial charge in [-0.1, -0.05) is 12.1 Å². The van der Waals surface area contributed by atoms with Crippen LogP contribution in [0.15, 0.2) is 23.7 Å². The van der Waals surface area contributed by atoms with Crippen LogP contribution in [0.1, 0.15) is 28.1 Å². The van der Waals surface area contributed by atoms with E-state index >= 15 is 0 Å². The summed E-state index contributed by atoms with van der Waals surface area (Å²) >= 11 is 1.70. The summed E-state index contributed by atoms with van der Waals surface area (Å²) in [5, 5.41) is 6.15. The van der Waals surface area contributed by atoms with E-state index in [1.54, 1.807) is 11.3 Å². The van der Waals surface area contributed by atoms with Gasteiger partial charge in [0.2, 0.25) is 5.91 Å². The molecule has 0 radical (unpaired) electrons. The van der Waals surface area contributed by atoms with Gasteiger partial charge in [0.05, 0.1) is 17.7 Å². The molecule has 0 unspecified atom stereocenters. The van der Waals surface area contributed by atoms with Gasteiger partial charge in [-0.05, 0) is 57.4 Å². The maximum Gasteiger partial charge on any atom is 0.238 e. The third kappa shape index (κ3) is 4.64. The summed E-state index contributed by atoms with van der Waals surface area (Å²) in [5.41, 5.74) is 6.21. The summed E-state index contributed by atoms with van der Waals surface area (Å²) in [6, 6.07) is 5.94. The van der Waals surface area contributed by atoms with Gasteiger partial charge in [0.25, 0.3) is 0 Å². The number of hydrogen-bond acceptors (Lipinski definition) is 4. The number of rotatable bonds is 7. The van der Waals surface area contributed by atoms with Crippen molar-refractivity contribution in [1.82, 2.24) is 10.3 Å². The average Bonchev–Trinajstić information content (AvgIpc) is 2.89. The van der Waals surface area contributed by atoms with Crippen LogP contribution in [0.5, 0.6) is 0 Å². The van der Waals surface area contributed by atoms with E-state index in [4.69, 9.17) is 0 Å². The molecule has 2 aromatic rings. The molecule has 0 aliphatic heterocycles. The highest BCUT2D eigenvalue weighted by atomic mass is 32.1. The largest absolute Gasteiger partial charge is 0.325 e. The molecule has 0 saturated heterocycles. The highest BCUT2D eigenvalue weighted by Crippen LogP contribution is 2.17. The Kier molecular flexibility index (Phi) is 6.10. The van der Waals surface area contributed by atoms with Crippen molar-refractivity contribution in [2.75, 3.05) is 18.4 Å². The number of carbonyl (C=O) groups is 1. The third-order valence-electron chi connectivity index (χ3n) is 3.77. The number of aryl methyl sites for hydroxylation is 3. The number of amides is 1. The van der Waals surface area contributed by atoms with E-state index in [2.05, 4.69) is 15.6 Å². The molecule has 4 nitrogen and oxygen atoms in total. The molecule has 1 aromatic heterocycles. The molecular formula is C17H23N3OS. The minimum absolute atomic E-state index is 0.00247. The molecule has 0 aliphatic rings. The second-order valence-electron chi connectivity index (χ2n) is 5.44. The van der Waals surface area contributed by atoms with E-state index in [1.165, 1.54) is 10.4 Å². The summed E-state index contributed by atoms with van der Waals surface area (Å²) in [6.07, 6.45) is 2.03. The maximum absolute atomic E-state index is 11.9. The van der Waals surface area contributed by atoms with Crippen LogP contribution in [0.3, 0.4) is 0 Å². The minimum Gasteiger partial charge on any atom is -0.325 e. The van der Waals surface area contributed by atoms with E-state index in [0.717, 1.165) is 36.3 Å². The second kappa shape index (κ2) is 8.06. The number of benzene rings is 1. The molecule has 1 heterocycles. The fourth-order valence-electron chi connectivity index (χ4n) is 2.22. The summed E-state index contributed by atoms with van der Waals surface area (Å²) in [7, 11) is 0. The third-order valence-corrected chi connectivity index (χ3v) is 4.76. The molecule has 22 heavy (non-hydrogen) atoms. The van der Waals surface area contributed by atoms with Crippen molar-refractivity contribution in [2.45, 2.75) is 33.6 Å². The standard InChI is InChI=1S/C17H23N3OS/c1-12-6-4-7-15(13(12)2)20-17(21)10-18-9-5-8-16-14(3)19-11-22-16/h4,6-7,11,18H,5,8-10H2,1-3H3,(H,20,21). The first-order valence-electron chi connectivity index (χ1n) is 7.53. The van der Waals surface area contributed by atoms with Crippen LogP contribution in [0.2, 0.25) is 0 Å². The van der Waals surface area contributed by atoms with Gasteiger partial charge in [-0.2, -0.15) is 0 Å². The smallest absolute Gasteiger partial charge is 0.238 e. The number of anilines is 1. The number of carbonyl (C=O) groups excluding carboxylic acids is 1. The molecule has 0 bridgehead atoms. The van der Waals surface area contributed by atoms with Crippen LogP contribution >= 0.6 is 11.3 Å². The Bertz CT molecular complexity index is 637. The zero-order valence-electron chi connectivity index (χ0n) is 13.4. The topological polar surface area (TPSA) is 54.0 Å².